The molecule has 9 heteroatoms. The Bertz CT molecular complexity index is 638. The van der Waals surface area contributed by atoms with Crippen LogP contribution in [0.2, 0.25) is 0 Å². The van der Waals surface area contributed by atoms with Crippen LogP contribution < -0.4 is 4.72 Å². The van der Waals surface area contributed by atoms with Gasteiger partial charge in [-0.1, -0.05) is 6.07 Å². The Morgan fingerprint density at radius 2 is 2.15 bits per heavy atom. The Labute approximate surface area is 115 Å². The number of pyridine rings is 1. The molecule has 0 spiro atoms. The van der Waals surface area contributed by atoms with Gasteiger partial charge in [-0.2, -0.15) is 0 Å². The van der Waals surface area contributed by atoms with Crippen LogP contribution in [0.15, 0.2) is 24.3 Å². The lowest BCUT2D eigenvalue weighted by Gasteiger charge is -2.06. The van der Waals surface area contributed by atoms with E-state index in [-0.39, 0.29) is 11.5 Å². The van der Waals surface area contributed by atoms with Crippen LogP contribution in [-0.4, -0.2) is 43.3 Å². The number of carbonyl (C=O) groups is 2. The van der Waals surface area contributed by atoms with Gasteiger partial charge in [0.05, 0.1) is 12.8 Å². The molecular formula is C11H12N2O6S. The highest BCUT2D eigenvalue weighted by molar-refractivity contribution is 7.93. The number of hydrogen-bond acceptors (Lipinski definition) is 6. The topological polar surface area (TPSA) is 123 Å². The van der Waals surface area contributed by atoms with Crippen molar-refractivity contribution in [2.75, 3.05) is 17.6 Å². The molecule has 20 heavy (non-hydrogen) atoms. The van der Waals surface area contributed by atoms with E-state index in [1.165, 1.54) is 24.3 Å². The number of methoxy groups -OCH3 is 1. The molecule has 108 valence electrons. The number of nitrogens with zero attached hydrogens (tertiary/aromatic N) is 1. The van der Waals surface area contributed by atoms with Crippen molar-refractivity contribution in [2.24, 2.45) is 0 Å². The second-order valence-electron chi connectivity index (χ2n) is 3.56. The van der Waals surface area contributed by atoms with Crippen LogP contribution in [0.1, 0.15) is 5.69 Å². The molecule has 0 saturated heterocycles. The molecule has 2 N–H and O–H groups in total. The molecule has 0 saturated carbocycles. The highest BCUT2D eigenvalue weighted by atomic mass is 32.2. The van der Waals surface area contributed by atoms with E-state index in [4.69, 9.17) is 5.11 Å². The lowest BCUT2D eigenvalue weighted by Crippen LogP contribution is -2.24. The highest BCUT2D eigenvalue weighted by Gasteiger charge is 2.17. The number of carboxylic acids is 1. The second-order valence-corrected chi connectivity index (χ2v) is 5.28. The van der Waals surface area contributed by atoms with Gasteiger partial charge < -0.3 is 9.84 Å². The van der Waals surface area contributed by atoms with Crippen LogP contribution in [-0.2, 0) is 24.3 Å². The largest absolute Gasteiger partial charge is 0.478 e. The predicted molar refractivity (Wildman–Crippen MR) is 70.3 cm³/mol. The van der Waals surface area contributed by atoms with Crippen molar-refractivity contribution in [1.82, 2.24) is 4.98 Å². The van der Waals surface area contributed by atoms with Crippen LogP contribution in [0.25, 0.3) is 6.08 Å². The number of carboxylic acid groups (broad SMARTS) is 1. The van der Waals surface area contributed by atoms with Crippen molar-refractivity contribution < 1.29 is 27.9 Å². The number of anilines is 1. The molecule has 1 heterocycles. The van der Waals surface area contributed by atoms with Gasteiger partial charge >= 0.3 is 11.9 Å². The molecule has 0 aliphatic carbocycles. The monoisotopic (exact) mass is 300 g/mol. The van der Waals surface area contributed by atoms with Crippen molar-refractivity contribution in [1.29, 1.82) is 0 Å². The second kappa shape index (κ2) is 6.66. The van der Waals surface area contributed by atoms with Gasteiger partial charge in [-0.05, 0) is 18.2 Å². The molecule has 1 rings (SSSR count). The van der Waals surface area contributed by atoms with Crippen molar-refractivity contribution in [2.45, 2.75) is 0 Å². The summed E-state index contributed by atoms with van der Waals surface area (Å²) in [6, 6.07) is 4.36. The van der Waals surface area contributed by atoms with Gasteiger partial charge in [-0.3, -0.25) is 9.52 Å². The van der Waals surface area contributed by atoms with Crippen LogP contribution in [0.4, 0.5) is 5.82 Å². The van der Waals surface area contributed by atoms with Crippen LogP contribution >= 0.6 is 0 Å². The maximum atomic E-state index is 11.6. The maximum Gasteiger partial charge on any atom is 0.328 e. The van der Waals surface area contributed by atoms with E-state index < -0.39 is 27.7 Å². The first-order valence-corrected chi connectivity index (χ1v) is 6.93. The number of aliphatic carboxylic acids is 1. The smallest absolute Gasteiger partial charge is 0.328 e. The number of aromatic nitrogens is 1. The highest BCUT2D eigenvalue weighted by Crippen LogP contribution is 2.08. The first-order valence-electron chi connectivity index (χ1n) is 5.28. The summed E-state index contributed by atoms with van der Waals surface area (Å²) in [7, 11) is -2.84. The summed E-state index contributed by atoms with van der Waals surface area (Å²) in [5, 5.41) is 8.48. The summed E-state index contributed by atoms with van der Waals surface area (Å²) in [4.78, 5) is 25.2. The molecule has 0 bridgehead atoms. The predicted octanol–water partition coefficient (Wildman–Crippen LogP) is 0.0941. The van der Waals surface area contributed by atoms with Gasteiger partial charge in [-0.25, -0.2) is 18.2 Å². The molecule has 0 atom stereocenters. The molecule has 0 aromatic carbocycles. The number of hydrogen-bond donors (Lipinski definition) is 2. The first-order chi connectivity index (χ1) is 9.32. The van der Waals surface area contributed by atoms with Crippen molar-refractivity contribution in [3.8, 4) is 0 Å². The number of rotatable bonds is 6. The van der Waals surface area contributed by atoms with Gasteiger partial charge in [0.2, 0.25) is 10.0 Å². The summed E-state index contributed by atoms with van der Waals surface area (Å²) in [5.74, 6) is -2.91. The molecular weight excluding hydrogens is 288 g/mol. The Hall–Kier alpha value is -2.42. The van der Waals surface area contributed by atoms with E-state index in [0.717, 1.165) is 13.2 Å². The normalized spacial score (nSPS) is 11.2. The molecule has 0 aliphatic rings. The van der Waals surface area contributed by atoms with Crippen LogP contribution in [0, 0.1) is 0 Å². The molecule has 1 aromatic rings. The van der Waals surface area contributed by atoms with E-state index in [2.05, 4.69) is 14.4 Å². The van der Waals surface area contributed by atoms with Crippen molar-refractivity contribution in [3.05, 3.63) is 30.0 Å². The van der Waals surface area contributed by atoms with Gasteiger partial charge in [0.25, 0.3) is 0 Å². The molecule has 1 aromatic heterocycles. The van der Waals surface area contributed by atoms with E-state index in [9.17, 15) is 18.0 Å². The molecule has 0 unspecified atom stereocenters. The van der Waals surface area contributed by atoms with E-state index in [0.29, 0.717) is 0 Å². The van der Waals surface area contributed by atoms with E-state index in [1.54, 1.807) is 0 Å². The molecule has 0 radical (unpaired) electrons. The zero-order valence-electron chi connectivity index (χ0n) is 10.4. The molecule has 0 fully saturated rings. The SMILES string of the molecule is COC(=O)CS(=O)(=O)Nc1cccc(C=CC(=O)O)n1. The standard InChI is InChI=1S/C11H12N2O6S/c1-19-11(16)7-20(17,18)13-9-4-2-3-8(12-9)5-6-10(14)15/h2-6H,7H2,1H3,(H,12,13)(H,14,15). The third-order valence-corrected chi connectivity index (χ3v) is 3.10. The van der Waals surface area contributed by atoms with Crippen molar-refractivity contribution >= 4 is 33.9 Å². The zero-order chi connectivity index (χ0) is 15.2. The van der Waals surface area contributed by atoms with Crippen molar-refractivity contribution in [3.63, 3.8) is 0 Å². The fourth-order valence-electron chi connectivity index (χ4n) is 1.17. The minimum Gasteiger partial charge on any atom is -0.478 e. The maximum absolute atomic E-state index is 11.6. The average molecular weight is 300 g/mol. The lowest BCUT2D eigenvalue weighted by atomic mass is 10.3. The number of sulfonamides is 1. The minimum atomic E-state index is -3.92. The summed E-state index contributed by atoms with van der Waals surface area (Å²) < 4.78 is 29.5. The lowest BCUT2D eigenvalue weighted by molar-refractivity contribution is -0.137. The fourth-order valence-corrected chi connectivity index (χ4v) is 2.10. The summed E-state index contributed by atoms with van der Waals surface area (Å²) in [6.07, 6.45) is 2.08. The Morgan fingerprint density at radius 3 is 2.75 bits per heavy atom. The van der Waals surface area contributed by atoms with Gasteiger partial charge in [0.1, 0.15) is 5.82 Å². The Morgan fingerprint density at radius 1 is 1.45 bits per heavy atom. The van der Waals surface area contributed by atoms with Gasteiger partial charge in [0, 0.05) is 6.08 Å². The first kappa shape index (κ1) is 15.6. The number of esters is 1. The molecule has 8 nitrogen and oxygen atoms in total. The van der Waals surface area contributed by atoms with Crippen LogP contribution in [0.5, 0.6) is 0 Å². The van der Waals surface area contributed by atoms with Gasteiger partial charge in [-0.15, -0.1) is 0 Å². The van der Waals surface area contributed by atoms with E-state index >= 15 is 0 Å². The molecule has 0 amide bonds. The number of carbonyl (C=O) groups excluding carboxylic acids is 1. The Balaban J connectivity index is 2.85. The fraction of sp³-hybridized carbons (Fsp3) is 0.182. The quantitative estimate of drug-likeness (QED) is 0.564. The van der Waals surface area contributed by atoms with E-state index in [1.807, 2.05) is 0 Å². The summed E-state index contributed by atoms with van der Waals surface area (Å²) >= 11 is 0. The Kier molecular flexibility index (Phi) is 5.21. The number of ether oxygens (including phenoxy) is 1. The molecule has 0 aliphatic heterocycles. The number of nitrogens with one attached hydrogen (secondary N) is 1. The summed E-state index contributed by atoms with van der Waals surface area (Å²) in [5.41, 5.74) is 0.255. The third-order valence-electron chi connectivity index (χ3n) is 1.96. The van der Waals surface area contributed by atoms with Crippen LogP contribution in [0.3, 0.4) is 0 Å². The average Bonchev–Trinajstić information content (AvgIpc) is 2.35. The minimum absolute atomic E-state index is 0.0264. The summed E-state index contributed by atoms with van der Waals surface area (Å²) in [6.45, 7) is 0. The van der Waals surface area contributed by atoms with Gasteiger partial charge in [0.15, 0.2) is 5.75 Å². The third kappa shape index (κ3) is 5.48. The zero-order valence-corrected chi connectivity index (χ0v) is 11.3.